The minimum absolute atomic E-state index is 0.0468. The molecule has 0 radical (unpaired) electrons. The summed E-state index contributed by atoms with van der Waals surface area (Å²) in [6.45, 7) is 2.34. The average molecular weight is 377 g/mol. The molecule has 2 aromatic rings. The number of benzene rings is 2. The van der Waals surface area contributed by atoms with Gasteiger partial charge in [-0.05, 0) is 50.5 Å². The molecule has 1 aliphatic carbocycles. The van der Waals surface area contributed by atoms with Crippen molar-refractivity contribution in [1.29, 1.82) is 0 Å². The molecule has 0 aromatic heterocycles. The second-order valence-electron chi connectivity index (χ2n) is 6.94. The van der Waals surface area contributed by atoms with Crippen LogP contribution in [0, 0.1) is 5.92 Å². The van der Waals surface area contributed by atoms with Crippen molar-refractivity contribution in [3.63, 3.8) is 0 Å². The maximum Gasteiger partial charge on any atom is 0.244 e. The number of aliphatic imine (C=N–C) groups is 1. The Hall–Kier alpha value is -3.15. The lowest BCUT2D eigenvalue weighted by atomic mass is 10.1. The minimum atomic E-state index is -0.267. The smallest absolute Gasteiger partial charge is 0.244 e. The second kappa shape index (κ2) is 7.84. The Morgan fingerprint density at radius 3 is 2.86 bits per heavy atom. The SMILES string of the molecule is CCOc1ccccc1NC(=O)CN1C(=O)[C@@H]2CCCC2=Nc2ccccc21. The lowest BCUT2D eigenvalue weighted by Gasteiger charge is -2.24. The molecule has 0 saturated heterocycles. The highest BCUT2D eigenvalue weighted by Gasteiger charge is 2.37. The first-order chi connectivity index (χ1) is 13.7. The van der Waals surface area contributed by atoms with Crippen molar-refractivity contribution < 1.29 is 14.3 Å². The summed E-state index contributed by atoms with van der Waals surface area (Å²) in [6, 6.07) is 14.8. The molecule has 0 spiro atoms. The highest BCUT2D eigenvalue weighted by Crippen LogP contribution is 2.37. The molecule has 0 unspecified atom stereocenters. The number of ether oxygens (including phenoxy) is 1. The number of amides is 2. The Labute approximate surface area is 164 Å². The van der Waals surface area contributed by atoms with Crippen molar-refractivity contribution in [3.05, 3.63) is 48.5 Å². The van der Waals surface area contributed by atoms with E-state index >= 15 is 0 Å². The summed E-state index contributed by atoms with van der Waals surface area (Å²) in [7, 11) is 0. The first-order valence-corrected chi connectivity index (χ1v) is 9.67. The van der Waals surface area contributed by atoms with Crippen LogP contribution < -0.4 is 15.0 Å². The normalized spacial score (nSPS) is 18.0. The van der Waals surface area contributed by atoms with E-state index in [4.69, 9.17) is 9.73 Å². The van der Waals surface area contributed by atoms with Crippen LogP contribution in [0.25, 0.3) is 0 Å². The average Bonchev–Trinajstić information content (AvgIpc) is 3.12. The number of hydrogen-bond acceptors (Lipinski definition) is 4. The molecule has 6 nitrogen and oxygen atoms in total. The zero-order valence-electron chi connectivity index (χ0n) is 15.9. The largest absolute Gasteiger partial charge is 0.492 e. The molecule has 144 valence electrons. The van der Waals surface area contributed by atoms with Crippen molar-refractivity contribution >= 4 is 34.6 Å². The molecule has 4 rings (SSSR count). The fourth-order valence-electron chi connectivity index (χ4n) is 3.82. The van der Waals surface area contributed by atoms with Crippen LogP contribution in [0.4, 0.5) is 17.1 Å². The number of para-hydroxylation sites is 4. The Morgan fingerprint density at radius 2 is 2.00 bits per heavy atom. The third kappa shape index (κ3) is 3.50. The fourth-order valence-corrected chi connectivity index (χ4v) is 3.82. The van der Waals surface area contributed by atoms with E-state index in [0.29, 0.717) is 23.7 Å². The Balaban J connectivity index is 1.59. The van der Waals surface area contributed by atoms with Gasteiger partial charge < -0.3 is 15.0 Å². The topological polar surface area (TPSA) is 71.0 Å². The van der Waals surface area contributed by atoms with E-state index in [0.717, 1.165) is 30.7 Å². The van der Waals surface area contributed by atoms with E-state index in [1.807, 2.05) is 49.4 Å². The zero-order valence-corrected chi connectivity index (χ0v) is 15.9. The van der Waals surface area contributed by atoms with Crippen LogP contribution in [-0.4, -0.2) is 30.7 Å². The molecule has 1 atom stereocenters. The van der Waals surface area contributed by atoms with Gasteiger partial charge in [0.25, 0.3) is 0 Å². The molecule has 2 amide bonds. The summed E-state index contributed by atoms with van der Waals surface area (Å²) in [5.74, 6) is 0.0736. The Bertz CT molecular complexity index is 938. The molecule has 1 aliphatic heterocycles. The van der Waals surface area contributed by atoms with Crippen LogP contribution in [0.15, 0.2) is 53.5 Å². The fraction of sp³-hybridized carbons (Fsp3) is 0.318. The van der Waals surface area contributed by atoms with Gasteiger partial charge in [0.15, 0.2) is 0 Å². The van der Waals surface area contributed by atoms with Crippen LogP contribution >= 0.6 is 0 Å². The number of hydrogen-bond donors (Lipinski definition) is 1. The lowest BCUT2D eigenvalue weighted by molar-refractivity contribution is -0.123. The molecule has 2 aromatic carbocycles. The van der Waals surface area contributed by atoms with Crippen LogP contribution in [0.5, 0.6) is 5.75 Å². The van der Waals surface area contributed by atoms with E-state index in [2.05, 4.69) is 5.32 Å². The Kier molecular flexibility index (Phi) is 5.10. The van der Waals surface area contributed by atoms with Crippen LogP contribution in [0.1, 0.15) is 26.2 Å². The summed E-state index contributed by atoms with van der Waals surface area (Å²) in [6.07, 6.45) is 2.59. The first-order valence-electron chi connectivity index (χ1n) is 9.67. The molecular formula is C22H23N3O3. The van der Waals surface area contributed by atoms with Crippen LogP contribution in [0.2, 0.25) is 0 Å². The zero-order chi connectivity index (χ0) is 19.5. The lowest BCUT2D eigenvalue weighted by Crippen LogP contribution is -2.41. The van der Waals surface area contributed by atoms with Crippen molar-refractivity contribution in [3.8, 4) is 5.75 Å². The molecule has 1 N–H and O–H groups in total. The molecule has 0 bridgehead atoms. The van der Waals surface area contributed by atoms with E-state index < -0.39 is 0 Å². The summed E-state index contributed by atoms with van der Waals surface area (Å²) < 4.78 is 5.57. The van der Waals surface area contributed by atoms with Gasteiger partial charge >= 0.3 is 0 Å². The molecule has 6 heteroatoms. The number of fused-ring (bicyclic) bond motifs is 2. The van der Waals surface area contributed by atoms with Gasteiger partial charge in [-0.3, -0.25) is 14.6 Å². The number of carbonyl (C=O) groups excluding carboxylic acids is 2. The van der Waals surface area contributed by atoms with Gasteiger partial charge in [0.05, 0.1) is 29.6 Å². The number of anilines is 2. The maximum absolute atomic E-state index is 13.2. The highest BCUT2D eigenvalue weighted by atomic mass is 16.5. The number of carbonyl (C=O) groups is 2. The third-order valence-electron chi connectivity index (χ3n) is 5.09. The summed E-state index contributed by atoms with van der Waals surface area (Å²) in [4.78, 5) is 32.3. The van der Waals surface area contributed by atoms with Crippen molar-refractivity contribution in [2.45, 2.75) is 26.2 Å². The molecule has 1 fully saturated rings. The second-order valence-corrected chi connectivity index (χ2v) is 6.94. The predicted octanol–water partition coefficient (Wildman–Crippen LogP) is 3.94. The third-order valence-corrected chi connectivity index (χ3v) is 5.09. The molecule has 1 saturated carbocycles. The number of nitrogens with zero attached hydrogens (tertiary/aromatic N) is 2. The first kappa shape index (κ1) is 18.2. The van der Waals surface area contributed by atoms with Crippen molar-refractivity contribution in [2.24, 2.45) is 10.9 Å². The van der Waals surface area contributed by atoms with Gasteiger partial charge in [-0.25, -0.2) is 0 Å². The maximum atomic E-state index is 13.2. The van der Waals surface area contributed by atoms with Gasteiger partial charge in [-0.15, -0.1) is 0 Å². The molecule has 1 heterocycles. The van der Waals surface area contributed by atoms with Crippen LogP contribution in [-0.2, 0) is 9.59 Å². The van der Waals surface area contributed by atoms with E-state index in [1.54, 1.807) is 11.0 Å². The molecule has 2 aliphatic rings. The summed E-state index contributed by atoms with van der Waals surface area (Å²) in [5.41, 5.74) is 2.96. The molecular weight excluding hydrogens is 354 g/mol. The quantitative estimate of drug-likeness (QED) is 0.858. The van der Waals surface area contributed by atoms with E-state index in [-0.39, 0.29) is 24.3 Å². The highest BCUT2D eigenvalue weighted by molar-refractivity contribution is 6.16. The van der Waals surface area contributed by atoms with Crippen molar-refractivity contribution in [1.82, 2.24) is 0 Å². The monoisotopic (exact) mass is 377 g/mol. The van der Waals surface area contributed by atoms with Gasteiger partial charge in [0.2, 0.25) is 11.8 Å². The van der Waals surface area contributed by atoms with E-state index in [9.17, 15) is 9.59 Å². The number of rotatable bonds is 5. The Morgan fingerprint density at radius 1 is 1.21 bits per heavy atom. The minimum Gasteiger partial charge on any atom is -0.492 e. The van der Waals surface area contributed by atoms with Gasteiger partial charge in [0.1, 0.15) is 12.3 Å². The number of nitrogens with one attached hydrogen (secondary N) is 1. The van der Waals surface area contributed by atoms with Crippen molar-refractivity contribution in [2.75, 3.05) is 23.4 Å². The molecule has 28 heavy (non-hydrogen) atoms. The summed E-state index contributed by atoms with van der Waals surface area (Å²) in [5, 5.41) is 2.88. The predicted molar refractivity (Wildman–Crippen MR) is 109 cm³/mol. The standard InChI is InChI=1S/C22H23N3O3/c1-2-28-20-13-6-4-10-18(20)24-21(26)14-25-19-12-5-3-9-17(19)23-16-11-7-8-15(16)22(25)27/h3-6,9-10,12-13,15H,2,7-8,11,14H2,1H3,(H,24,26)/t15-/m1/s1. The summed E-state index contributed by atoms with van der Waals surface area (Å²) >= 11 is 0. The van der Waals surface area contributed by atoms with Gasteiger partial charge in [-0.2, -0.15) is 0 Å². The van der Waals surface area contributed by atoms with Gasteiger partial charge in [-0.1, -0.05) is 24.3 Å². The van der Waals surface area contributed by atoms with E-state index in [1.165, 1.54) is 0 Å². The van der Waals surface area contributed by atoms with Crippen LogP contribution in [0.3, 0.4) is 0 Å². The van der Waals surface area contributed by atoms with Gasteiger partial charge in [0, 0.05) is 5.71 Å².